The van der Waals surface area contributed by atoms with Gasteiger partial charge in [0.25, 0.3) is 0 Å². The highest BCUT2D eigenvalue weighted by atomic mass is 16.5. The molecule has 2 aliphatic heterocycles. The van der Waals surface area contributed by atoms with Crippen molar-refractivity contribution in [1.82, 2.24) is 0 Å². The number of hydrogen-bond acceptors (Lipinski definition) is 2. The van der Waals surface area contributed by atoms with Gasteiger partial charge in [0.05, 0.1) is 12.5 Å². The maximum atomic E-state index is 5.30. The lowest BCUT2D eigenvalue weighted by Gasteiger charge is -2.12. The zero-order chi connectivity index (χ0) is 8.93. The van der Waals surface area contributed by atoms with Crippen LogP contribution in [0.4, 0.5) is 0 Å². The van der Waals surface area contributed by atoms with Gasteiger partial charge in [-0.3, -0.25) is 0 Å². The Labute approximate surface area is 77.2 Å². The first-order valence-electron chi connectivity index (χ1n) is 4.16. The summed E-state index contributed by atoms with van der Waals surface area (Å²) in [7, 11) is 0. The molecule has 2 nitrogen and oxygen atoms in total. The lowest BCUT2D eigenvalue weighted by molar-refractivity contribution is 0.218. The van der Waals surface area contributed by atoms with Crippen LogP contribution in [0.3, 0.4) is 0 Å². The minimum Gasteiger partial charge on any atom is -0.490 e. The third kappa shape index (κ3) is 2.12. The van der Waals surface area contributed by atoms with Crippen LogP contribution in [0.2, 0.25) is 0 Å². The van der Waals surface area contributed by atoms with E-state index >= 15 is 0 Å². The smallest absolute Gasteiger partial charge is 0.138 e. The maximum Gasteiger partial charge on any atom is 0.138 e. The van der Waals surface area contributed by atoms with Gasteiger partial charge in [0.15, 0.2) is 0 Å². The molecule has 0 saturated heterocycles. The molecule has 0 spiro atoms. The Morgan fingerprint density at radius 1 is 1.08 bits per heavy atom. The van der Waals surface area contributed by atoms with Crippen molar-refractivity contribution in [3.05, 3.63) is 60.8 Å². The topological polar surface area (TPSA) is 18.5 Å². The Morgan fingerprint density at radius 2 is 2.00 bits per heavy atom. The van der Waals surface area contributed by atoms with Crippen LogP contribution in [0.5, 0.6) is 0 Å². The molecule has 0 aromatic carbocycles. The Bertz CT molecular complexity index is 319. The van der Waals surface area contributed by atoms with E-state index in [4.69, 9.17) is 9.47 Å². The van der Waals surface area contributed by atoms with Crippen LogP contribution in [-0.4, -0.2) is 6.10 Å². The predicted molar refractivity (Wildman–Crippen MR) is 50.6 cm³/mol. The highest BCUT2D eigenvalue weighted by Gasteiger charge is 2.04. The summed E-state index contributed by atoms with van der Waals surface area (Å²) in [4.78, 5) is 0. The van der Waals surface area contributed by atoms with Gasteiger partial charge < -0.3 is 9.47 Å². The molecule has 13 heavy (non-hydrogen) atoms. The summed E-state index contributed by atoms with van der Waals surface area (Å²) in [6.45, 7) is 0. The molecule has 0 radical (unpaired) electrons. The molecule has 0 fully saturated rings. The molecule has 2 heteroatoms. The summed E-state index contributed by atoms with van der Waals surface area (Å²) in [5, 5.41) is 0. The van der Waals surface area contributed by atoms with Crippen LogP contribution in [0.1, 0.15) is 0 Å². The predicted octanol–water partition coefficient (Wildman–Crippen LogP) is 2.44. The average molecular weight is 174 g/mol. The molecule has 0 aromatic rings. The molecule has 0 amide bonds. The van der Waals surface area contributed by atoms with Crippen LogP contribution in [0, 0.1) is 0 Å². The molecule has 0 aromatic heterocycles. The van der Waals surface area contributed by atoms with Gasteiger partial charge >= 0.3 is 0 Å². The van der Waals surface area contributed by atoms with Crippen LogP contribution < -0.4 is 0 Å². The Hall–Kier alpha value is -1.70. The fourth-order valence-electron chi connectivity index (χ4n) is 1.10. The van der Waals surface area contributed by atoms with Gasteiger partial charge in [0, 0.05) is 6.08 Å². The third-order valence-electron chi connectivity index (χ3n) is 1.71. The van der Waals surface area contributed by atoms with Crippen LogP contribution in [0.25, 0.3) is 0 Å². The standard InChI is InChI=1S/C11H10O2/c1-3-7-12-10(5-1)9-11-6-2-4-8-13-11/h1-10H. The van der Waals surface area contributed by atoms with Gasteiger partial charge in [-0.1, -0.05) is 12.2 Å². The molecule has 2 rings (SSSR count). The average Bonchev–Trinajstić information content (AvgIpc) is 2.21. The van der Waals surface area contributed by atoms with Crippen molar-refractivity contribution in [3.8, 4) is 0 Å². The molecule has 0 N–H and O–H groups in total. The first-order valence-corrected chi connectivity index (χ1v) is 4.16. The van der Waals surface area contributed by atoms with E-state index < -0.39 is 0 Å². The van der Waals surface area contributed by atoms with E-state index in [9.17, 15) is 0 Å². The largest absolute Gasteiger partial charge is 0.490 e. The molecular weight excluding hydrogens is 164 g/mol. The van der Waals surface area contributed by atoms with E-state index in [1.54, 1.807) is 12.5 Å². The van der Waals surface area contributed by atoms with Crippen molar-refractivity contribution in [3.63, 3.8) is 0 Å². The molecule has 2 aliphatic rings. The summed E-state index contributed by atoms with van der Waals surface area (Å²) in [6, 6.07) is 0. The van der Waals surface area contributed by atoms with Gasteiger partial charge in [-0.25, -0.2) is 0 Å². The first-order chi connectivity index (χ1) is 6.45. The fourth-order valence-corrected chi connectivity index (χ4v) is 1.10. The van der Waals surface area contributed by atoms with Gasteiger partial charge in [-0.2, -0.15) is 0 Å². The number of rotatable bonds is 1. The molecule has 2 heterocycles. The molecule has 66 valence electrons. The van der Waals surface area contributed by atoms with Crippen molar-refractivity contribution < 1.29 is 9.47 Å². The highest BCUT2D eigenvalue weighted by Crippen LogP contribution is 2.11. The van der Waals surface area contributed by atoms with E-state index in [1.165, 1.54) is 0 Å². The summed E-state index contributed by atoms with van der Waals surface area (Å²) in [6.07, 6.45) is 16.7. The first kappa shape index (κ1) is 7.92. The molecule has 0 aliphatic carbocycles. The Balaban J connectivity index is 2.03. The summed E-state index contributed by atoms with van der Waals surface area (Å²) < 4.78 is 10.5. The lowest BCUT2D eigenvalue weighted by atomic mass is 10.2. The monoisotopic (exact) mass is 174 g/mol. The summed E-state index contributed by atoms with van der Waals surface area (Å²) in [5.41, 5.74) is 0. The van der Waals surface area contributed by atoms with E-state index in [0.717, 1.165) is 5.76 Å². The normalized spacial score (nSPS) is 27.4. The van der Waals surface area contributed by atoms with Gasteiger partial charge in [0.1, 0.15) is 11.9 Å². The van der Waals surface area contributed by atoms with Gasteiger partial charge in [-0.05, 0) is 24.3 Å². The highest BCUT2D eigenvalue weighted by molar-refractivity contribution is 5.25. The van der Waals surface area contributed by atoms with Crippen molar-refractivity contribution in [2.75, 3.05) is 0 Å². The molecule has 1 atom stereocenters. The van der Waals surface area contributed by atoms with E-state index in [0.29, 0.717) is 0 Å². The number of allylic oxidation sites excluding steroid dienone is 5. The van der Waals surface area contributed by atoms with Gasteiger partial charge in [0.2, 0.25) is 0 Å². The van der Waals surface area contributed by atoms with Crippen LogP contribution in [0.15, 0.2) is 60.8 Å². The maximum absolute atomic E-state index is 5.30. The van der Waals surface area contributed by atoms with Gasteiger partial charge in [-0.15, -0.1) is 0 Å². The summed E-state index contributed by atoms with van der Waals surface area (Å²) >= 11 is 0. The van der Waals surface area contributed by atoms with Crippen molar-refractivity contribution in [2.24, 2.45) is 0 Å². The Morgan fingerprint density at radius 3 is 2.69 bits per heavy atom. The molecule has 0 saturated carbocycles. The van der Waals surface area contributed by atoms with E-state index in [2.05, 4.69) is 0 Å². The van der Waals surface area contributed by atoms with E-state index in [-0.39, 0.29) is 6.10 Å². The minimum absolute atomic E-state index is 0.0175. The second-order valence-electron chi connectivity index (χ2n) is 2.69. The zero-order valence-corrected chi connectivity index (χ0v) is 7.09. The molecular formula is C11H10O2. The fraction of sp³-hybridized carbons (Fsp3) is 0.0909. The van der Waals surface area contributed by atoms with Crippen molar-refractivity contribution >= 4 is 0 Å². The minimum atomic E-state index is -0.0175. The van der Waals surface area contributed by atoms with Crippen LogP contribution >= 0.6 is 0 Å². The summed E-state index contributed by atoms with van der Waals surface area (Å²) in [5.74, 6) is 0.812. The van der Waals surface area contributed by atoms with Crippen molar-refractivity contribution in [1.29, 1.82) is 0 Å². The SMILES string of the molecule is C1=COC(=CC2C=CC=CO2)C=C1. The van der Waals surface area contributed by atoms with Crippen LogP contribution in [-0.2, 0) is 9.47 Å². The Kier molecular flexibility index (Phi) is 2.32. The third-order valence-corrected chi connectivity index (χ3v) is 1.71. The second kappa shape index (κ2) is 3.81. The van der Waals surface area contributed by atoms with Crippen molar-refractivity contribution in [2.45, 2.75) is 6.10 Å². The molecule has 1 unspecified atom stereocenters. The lowest BCUT2D eigenvalue weighted by Crippen LogP contribution is -2.05. The second-order valence-corrected chi connectivity index (χ2v) is 2.69. The zero-order valence-electron chi connectivity index (χ0n) is 7.09. The van der Waals surface area contributed by atoms with E-state index in [1.807, 2.05) is 42.5 Å². The quantitative estimate of drug-likeness (QED) is 0.607. The molecule has 0 bridgehead atoms. The number of ether oxygens (including phenoxy) is 2. The number of hydrogen-bond donors (Lipinski definition) is 0.